The van der Waals surface area contributed by atoms with Crippen molar-refractivity contribution in [3.8, 4) is 11.8 Å². The summed E-state index contributed by atoms with van der Waals surface area (Å²) in [7, 11) is 0. The zero-order chi connectivity index (χ0) is 27.6. The molecule has 4 atom stereocenters. The monoisotopic (exact) mass is 529 g/mol. The Bertz CT molecular complexity index is 1240. The van der Waals surface area contributed by atoms with Crippen LogP contribution in [0.3, 0.4) is 0 Å². The fraction of sp³-hybridized carbons (Fsp3) is 0.640. The maximum Gasteiger partial charge on any atom is 0.410 e. The minimum absolute atomic E-state index is 0.108. The first-order chi connectivity index (χ1) is 18.0. The fourth-order valence-corrected chi connectivity index (χ4v) is 4.48. The van der Waals surface area contributed by atoms with Crippen molar-refractivity contribution in [3.05, 3.63) is 12.2 Å². The number of aliphatic hydroxyl groups excluding tert-OH is 2. The van der Waals surface area contributed by atoms with Crippen LogP contribution in [0.5, 0.6) is 0 Å². The van der Waals surface area contributed by atoms with E-state index < -0.39 is 36.0 Å². The highest BCUT2D eigenvalue weighted by Gasteiger charge is 2.47. The van der Waals surface area contributed by atoms with Crippen molar-refractivity contribution in [2.45, 2.75) is 77.1 Å². The van der Waals surface area contributed by atoms with Crippen LogP contribution in [0.1, 0.15) is 59.0 Å². The van der Waals surface area contributed by atoms with Crippen molar-refractivity contribution in [1.29, 1.82) is 0 Å². The molecule has 2 aromatic rings. The minimum Gasteiger partial charge on any atom is -0.444 e. The number of hydrogen-bond donors (Lipinski definition) is 4. The van der Waals surface area contributed by atoms with Gasteiger partial charge in [-0.3, -0.25) is 9.36 Å². The van der Waals surface area contributed by atoms with Crippen LogP contribution in [0.25, 0.3) is 11.2 Å². The lowest BCUT2D eigenvalue weighted by Crippen LogP contribution is -2.42. The van der Waals surface area contributed by atoms with Crippen LogP contribution in [0.4, 0.5) is 10.6 Å². The van der Waals surface area contributed by atoms with E-state index in [1.165, 1.54) is 10.9 Å². The number of likely N-dealkylation sites (N-methyl/N-ethyl adjacent to an activating group) is 1. The van der Waals surface area contributed by atoms with Crippen LogP contribution in [0, 0.1) is 17.8 Å². The molecule has 206 valence electrons. The van der Waals surface area contributed by atoms with E-state index in [9.17, 15) is 19.8 Å². The number of carbonyl (C=O) groups is 2. The second-order valence-electron chi connectivity index (χ2n) is 10.5. The number of piperidine rings is 1. The summed E-state index contributed by atoms with van der Waals surface area (Å²) in [6.45, 7) is 8.87. The van der Waals surface area contributed by atoms with Crippen molar-refractivity contribution in [1.82, 2.24) is 29.7 Å². The average Bonchev–Trinajstić information content (AvgIpc) is 3.40. The zero-order valence-corrected chi connectivity index (χ0v) is 22.0. The summed E-state index contributed by atoms with van der Waals surface area (Å²) >= 11 is 0. The van der Waals surface area contributed by atoms with Crippen molar-refractivity contribution < 1.29 is 29.3 Å². The summed E-state index contributed by atoms with van der Waals surface area (Å²) in [6, 6.07) is 0. The van der Waals surface area contributed by atoms with Crippen molar-refractivity contribution in [3.63, 3.8) is 0 Å². The number of carbonyl (C=O) groups excluding carboxylic acids is 2. The fourth-order valence-electron chi connectivity index (χ4n) is 4.48. The molecule has 4 rings (SSSR count). The molecule has 0 saturated carbocycles. The molecule has 2 aromatic heterocycles. The second-order valence-corrected chi connectivity index (χ2v) is 10.5. The molecule has 38 heavy (non-hydrogen) atoms. The van der Waals surface area contributed by atoms with Gasteiger partial charge in [0.2, 0.25) is 5.82 Å². The van der Waals surface area contributed by atoms with Crippen LogP contribution in [0.2, 0.25) is 0 Å². The van der Waals surface area contributed by atoms with E-state index in [0.29, 0.717) is 32.0 Å². The molecule has 2 saturated heterocycles. The van der Waals surface area contributed by atoms with Crippen molar-refractivity contribution >= 4 is 29.0 Å². The number of nitrogens with two attached hydrogens (primary N) is 1. The summed E-state index contributed by atoms with van der Waals surface area (Å²) in [6.07, 6.45) is -1.86. The van der Waals surface area contributed by atoms with E-state index in [1.807, 2.05) is 20.8 Å². The topological polar surface area (TPSA) is 178 Å². The Morgan fingerprint density at radius 2 is 1.95 bits per heavy atom. The standard InChI is InChI=1S/C25H35N7O6/c1-5-27-22(35)19-17(33)18(34)23(37-19)32-13-28-16-20(26)29-15(30-21(16)32)8-6-7-14-9-11-31(12-10-14)24(36)38-25(2,3)4/h13-14,17-19,23,33-34H,5,7,9-12H2,1-4H3,(H,27,35)(H2,26,29,30). The quantitative estimate of drug-likeness (QED) is 0.409. The maximum atomic E-state index is 12.3. The number of anilines is 1. The van der Waals surface area contributed by atoms with Gasteiger partial charge in [0.1, 0.15) is 23.3 Å². The molecule has 0 aromatic carbocycles. The summed E-state index contributed by atoms with van der Waals surface area (Å²) in [5.41, 5.74) is 6.12. The maximum absolute atomic E-state index is 12.3. The van der Waals surface area contributed by atoms with Gasteiger partial charge in [0, 0.05) is 26.1 Å². The van der Waals surface area contributed by atoms with Crippen LogP contribution in [0.15, 0.2) is 6.33 Å². The van der Waals surface area contributed by atoms with Crippen LogP contribution in [-0.2, 0) is 14.3 Å². The number of likely N-dealkylation sites (tertiary alicyclic amines) is 1. The smallest absolute Gasteiger partial charge is 0.410 e. The Labute approximate surface area is 220 Å². The molecule has 5 N–H and O–H groups in total. The predicted octanol–water partition coefficient (Wildman–Crippen LogP) is 0.553. The third kappa shape index (κ3) is 5.98. The molecule has 4 heterocycles. The normalized spacial score (nSPS) is 24.2. The third-order valence-corrected chi connectivity index (χ3v) is 6.43. The lowest BCUT2D eigenvalue weighted by Gasteiger charge is -2.32. The van der Waals surface area contributed by atoms with Gasteiger partial charge >= 0.3 is 6.09 Å². The number of ether oxygens (including phenoxy) is 2. The summed E-state index contributed by atoms with van der Waals surface area (Å²) in [5, 5.41) is 23.5. The van der Waals surface area contributed by atoms with Gasteiger partial charge in [-0.25, -0.2) is 19.7 Å². The number of aliphatic hydroxyl groups is 2. The lowest BCUT2D eigenvalue weighted by molar-refractivity contribution is -0.137. The number of nitrogens with one attached hydrogen (secondary N) is 1. The van der Waals surface area contributed by atoms with E-state index in [-0.39, 0.29) is 28.9 Å². The first-order valence-corrected chi connectivity index (χ1v) is 12.7. The molecule has 4 unspecified atom stereocenters. The van der Waals surface area contributed by atoms with Gasteiger partial charge in [0.05, 0.1) is 6.33 Å². The second kappa shape index (κ2) is 11.1. The van der Waals surface area contributed by atoms with E-state index >= 15 is 0 Å². The molecule has 0 spiro atoms. The number of nitrogens with zero attached hydrogens (tertiary/aromatic N) is 5. The molecule has 0 aliphatic carbocycles. The number of rotatable bonds is 4. The molecule has 2 aliphatic rings. The summed E-state index contributed by atoms with van der Waals surface area (Å²) in [5.74, 6) is 6.14. The van der Waals surface area contributed by atoms with Crippen LogP contribution < -0.4 is 11.1 Å². The minimum atomic E-state index is -1.43. The number of aromatic nitrogens is 4. The number of amides is 2. The van der Waals surface area contributed by atoms with E-state index in [4.69, 9.17) is 15.2 Å². The van der Waals surface area contributed by atoms with Gasteiger partial charge in [-0.15, -0.1) is 0 Å². The number of imidazole rings is 1. The lowest BCUT2D eigenvalue weighted by atomic mass is 9.94. The van der Waals surface area contributed by atoms with Gasteiger partial charge in [-0.05, 0) is 52.4 Å². The molecular weight excluding hydrogens is 494 g/mol. The molecule has 2 amide bonds. The van der Waals surface area contributed by atoms with Gasteiger partial charge in [-0.2, -0.15) is 0 Å². The van der Waals surface area contributed by atoms with E-state index in [0.717, 1.165) is 12.8 Å². The van der Waals surface area contributed by atoms with E-state index in [1.54, 1.807) is 11.8 Å². The van der Waals surface area contributed by atoms with Crippen LogP contribution in [-0.4, -0.2) is 90.2 Å². The highest BCUT2D eigenvalue weighted by atomic mass is 16.6. The van der Waals surface area contributed by atoms with Gasteiger partial charge in [0.15, 0.2) is 23.8 Å². The van der Waals surface area contributed by atoms with Gasteiger partial charge in [-0.1, -0.05) is 5.92 Å². The first-order valence-electron chi connectivity index (χ1n) is 12.7. The van der Waals surface area contributed by atoms with E-state index in [2.05, 4.69) is 32.1 Å². The number of hydrogen-bond acceptors (Lipinski definition) is 10. The molecule has 0 radical (unpaired) electrons. The molecule has 2 aliphatic heterocycles. The summed E-state index contributed by atoms with van der Waals surface area (Å²) in [4.78, 5) is 39.1. The zero-order valence-electron chi connectivity index (χ0n) is 22.0. The number of nitrogen functional groups attached to an aromatic ring is 1. The molecule has 2 fully saturated rings. The Morgan fingerprint density at radius 1 is 1.24 bits per heavy atom. The largest absolute Gasteiger partial charge is 0.444 e. The highest BCUT2D eigenvalue weighted by molar-refractivity contribution is 5.83. The average molecular weight is 530 g/mol. The molecule has 0 bridgehead atoms. The summed E-state index contributed by atoms with van der Waals surface area (Å²) < 4.78 is 12.5. The Morgan fingerprint density at radius 3 is 2.61 bits per heavy atom. The Hall–Kier alpha value is -3.47. The van der Waals surface area contributed by atoms with Crippen molar-refractivity contribution in [2.24, 2.45) is 5.92 Å². The molecule has 13 nitrogen and oxygen atoms in total. The molecular formula is C25H35N7O6. The SMILES string of the molecule is CCNC(=O)C1OC(n2cnc3c(N)nc(C#CCC4CCN(C(=O)OC(C)(C)C)CC4)nc32)C(O)C1O. The Kier molecular flexibility index (Phi) is 8.05. The number of fused-ring (bicyclic) bond motifs is 1. The molecule has 13 heteroatoms. The predicted molar refractivity (Wildman–Crippen MR) is 136 cm³/mol. The Balaban J connectivity index is 1.43. The highest BCUT2D eigenvalue weighted by Crippen LogP contribution is 2.32. The van der Waals surface area contributed by atoms with Gasteiger partial charge < -0.3 is 35.6 Å². The van der Waals surface area contributed by atoms with Crippen LogP contribution >= 0.6 is 0 Å². The first kappa shape index (κ1) is 27.6. The van der Waals surface area contributed by atoms with Crippen molar-refractivity contribution in [2.75, 3.05) is 25.4 Å². The third-order valence-electron chi connectivity index (χ3n) is 6.43. The van der Waals surface area contributed by atoms with Gasteiger partial charge in [0.25, 0.3) is 5.91 Å².